The van der Waals surface area contributed by atoms with Crippen LogP contribution in [0.5, 0.6) is 5.75 Å². The Kier molecular flexibility index (Phi) is 8.03. The molecule has 4 N–H and O–H groups in total. The molecule has 0 bridgehead atoms. The Morgan fingerprint density at radius 1 is 1.47 bits per heavy atom. The molecule has 1 aliphatic heterocycles. The van der Waals surface area contributed by atoms with Crippen LogP contribution in [0.2, 0.25) is 0 Å². The van der Waals surface area contributed by atoms with Crippen LogP contribution < -0.4 is 20.9 Å². The first kappa shape index (κ1) is 26.5. The molecule has 0 saturated carbocycles. The number of carboxylic acid groups (broad SMARTS) is 1. The highest BCUT2D eigenvalue weighted by Crippen LogP contribution is 2.50. The van der Waals surface area contributed by atoms with Gasteiger partial charge in [-0.15, -0.1) is 0 Å². The fraction of sp³-hybridized carbons (Fsp3) is 0.389. The van der Waals surface area contributed by atoms with Crippen molar-refractivity contribution in [2.75, 3.05) is 6.61 Å². The van der Waals surface area contributed by atoms with E-state index in [1.165, 1.54) is 19.1 Å². The van der Waals surface area contributed by atoms with Crippen molar-refractivity contribution in [1.82, 2.24) is 14.6 Å². The number of ether oxygens (including phenoxy) is 1. The number of rotatable bonds is 9. The number of hydrogen-bond acceptors (Lipinski definition) is 8. The van der Waals surface area contributed by atoms with Gasteiger partial charge in [-0.25, -0.2) is 13.8 Å². The molecule has 1 unspecified atom stereocenters. The molecule has 2 aromatic rings. The number of aliphatic carboxylic acids is 1. The van der Waals surface area contributed by atoms with Crippen LogP contribution in [0.25, 0.3) is 0 Å². The number of carbonyl (C=O) groups is 1. The minimum absolute atomic E-state index is 0.217. The molecule has 1 aromatic carbocycles. The molecule has 16 heteroatoms. The standard InChI is InChI=1S/C18H19BrClFN3O9P/c1-9(15(27)28)23-34(30,33-11-4-2-3-10(21)7-11)31-8-12-14(26)18(19,20)16(32-12)24-6-5-13(25)22-17(24)29/h2-7,9,12,14,16,26H,8H2,1H3,(H,23,30)(H,27,28)(H,22,25,29)/t9-,12+,14+,16+,18-,34?/m0/s1. The van der Waals surface area contributed by atoms with Crippen molar-refractivity contribution in [1.29, 1.82) is 0 Å². The maximum Gasteiger partial charge on any atom is 0.459 e. The summed E-state index contributed by atoms with van der Waals surface area (Å²) >= 11 is 9.44. The minimum atomic E-state index is -4.46. The molecule has 2 heterocycles. The third kappa shape index (κ3) is 5.95. The first-order valence-corrected chi connectivity index (χ1v) is 12.3. The lowest BCUT2D eigenvalue weighted by atomic mass is 10.2. The van der Waals surface area contributed by atoms with Crippen LogP contribution in [0.4, 0.5) is 4.39 Å². The molecule has 1 aromatic heterocycles. The predicted octanol–water partition coefficient (Wildman–Crippen LogP) is 1.53. The minimum Gasteiger partial charge on any atom is -0.480 e. The number of nitrogens with one attached hydrogen (secondary N) is 2. The van der Waals surface area contributed by atoms with Crippen LogP contribution in [-0.4, -0.2) is 54.4 Å². The van der Waals surface area contributed by atoms with Gasteiger partial charge in [0, 0.05) is 18.3 Å². The van der Waals surface area contributed by atoms with Crippen molar-refractivity contribution in [2.24, 2.45) is 0 Å². The number of aromatic nitrogens is 2. The van der Waals surface area contributed by atoms with Gasteiger partial charge < -0.3 is 19.5 Å². The van der Waals surface area contributed by atoms with E-state index in [0.717, 1.165) is 29.0 Å². The van der Waals surface area contributed by atoms with Gasteiger partial charge >= 0.3 is 19.4 Å². The van der Waals surface area contributed by atoms with Crippen molar-refractivity contribution < 1.29 is 37.7 Å². The van der Waals surface area contributed by atoms with Crippen molar-refractivity contribution in [3.63, 3.8) is 0 Å². The van der Waals surface area contributed by atoms with E-state index in [-0.39, 0.29) is 5.75 Å². The summed E-state index contributed by atoms with van der Waals surface area (Å²) in [7, 11) is -4.46. The van der Waals surface area contributed by atoms with Crippen molar-refractivity contribution in [2.45, 2.75) is 35.2 Å². The quantitative estimate of drug-likeness (QED) is 0.250. The van der Waals surface area contributed by atoms with Gasteiger partial charge in [0.15, 0.2) is 10.0 Å². The summed E-state index contributed by atoms with van der Waals surface area (Å²) < 4.78 is 42.1. The van der Waals surface area contributed by atoms with Gasteiger partial charge in [-0.05, 0) is 19.1 Å². The van der Waals surface area contributed by atoms with Gasteiger partial charge in [0.1, 0.15) is 29.8 Å². The average molecular weight is 587 g/mol. The van der Waals surface area contributed by atoms with E-state index in [4.69, 9.17) is 30.5 Å². The molecule has 6 atom stereocenters. The molecule has 34 heavy (non-hydrogen) atoms. The lowest BCUT2D eigenvalue weighted by Crippen LogP contribution is -2.41. The highest BCUT2D eigenvalue weighted by atomic mass is 79.9. The number of aromatic amines is 1. The summed E-state index contributed by atoms with van der Waals surface area (Å²) in [6.45, 7) is 0.525. The largest absolute Gasteiger partial charge is 0.480 e. The summed E-state index contributed by atoms with van der Waals surface area (Å²) in [5, 5.41) is 22.0. The smallest absolute Gasteiger partial charge is 0.459 e. The topological polar surface area (TPSA) is 169 Å². The van der Waals surface area contributed by atoms with Gasteiger partial charge in [-0.3, -0.25) is 23.7 Å². The molecule has 3 rings (SSSR count). The average Bonchev–Trinajstić information content (AvgIpc) is 2.95. The van der Waals surface area contributed by atoms with E-state index < -0.39 is 65.7 Å². The van der Waals surface area contributed by atoms with Crippen molar-refractivity contribution in [3.8, 4) is 5.75 Å². The van der Waals surface area contributed by atoms with E-state index in [0.29, 0.717) is 0 Å². The normalized spacial score (nSPS) is 27.1. The SMILES string of the molecule is C[C@H](NP(=O)(OC[C@H]1O[C@@H](n2ccc(=O)[nH]c2=O)[C@](Cl)(Br)[C@@H]1O)Oc1cccc(F)c1)C(=O)O. The number of benzene rings is 1. The zero-order chi connectivity index (χ0) is 25.3. The third-order valence-corrected chi connectivity index (χ3v) is 7.55. The van der Waals surface area contributed by atoms with E-state index in [9.17, 15) is 28.4 Å². The van der Waals surface area contributed by atoms with E-state index in [2.05, 4.69) is 21.0 Å². The highest BCUT2D eigenvalue weighted by molar-refractivity contribution is 9.10. The van der Waals surface area contributed by atoms with Crippen molar-refractivity contribution >= 4 is 41.2 Å². The number of halogens is 3. The lowest BCUT2D eigenvalue weighted by molar-refractivity contribution is -0.138. The van der Waals surface area contributed by atoms with Crippen LogP contribution in [0.15, 0.2) is 46.1 Å². The van der Waals surface area contributed by atoms with Crippen LogP contribution >= 0.6 is 35.3 Å². The van der Waals surface area contributed by atoms with E-state index in [1.54, 1.807) is 0 Å². The zero-order valence-electron chi connectivity index (χ0n) is 17.3. The van der Waals surface area contributed by atoms with E-state index in [1.807, 2.05) is 4.98 Å². The van der Waals surface area contributed by atoms with Crippen LogP contribution in [0.1, 0.15) is 13.2 Å². The van der Waals surface area contributed by atoms with Gasteiger partial charge in [0.25, 0.3) is 5.56 Å². The summed E-state index contributed by atoms with van der Waals surface area (Å²) in [5.74, 6) is -2.29. The van der Waals surface area contributed by atoms with Gasteiger partial charge in [0.2, 0.25) is 0 Å². The molecule has 0 spiro atoms. The van der Waals surface area contributed by atoms with Crippen LogP contribution in [0.3, 0.4) is 0 Å². The maximum absolute atomic E-state index is 13.5. The fourth-order valence-corrected chi connectivity index (χ4v) is 5.35. The Morgan fingerprint density at radius 3 is 2.79 bits per heavy atom. The van der Waals surface area contributed by atoms with Crippen molar-refractivity contribution in [3.05, 3.63) is 63.2 Å². The molecular weight excluding hydrogens is 568 g/mol. The molecular formula is C18H19BrClFN3O9P. The summed E-state index contributed by atoms with van der Waals surface area (Å²) in [6.07, 6.45) is -3.07. The fourth-order valence-electron chi connectivity index (χ4n) is 2.93. The first-order valence-electron chi connectivity index (χ1n) is 9.55. The van der Waals surface area contributed by atoms with Crippen LogP contribution in [0, 0.1) is 5.82 Å². The number of H-pyrrole nitrogens is 1. The number of aliphatic hydroxyl groups is 1. The van der Waals surface area contributed by atoms with Gasteiger partial charge in [0.05, 0.1) is 6.61 Å². The molecule has 0 aliphatic carbocycles. The second kappa shape index (κ2) is 10.3. The number of hydrogen-bond donors (Lipinski definition) is 4. The predicted molar refractivity (Wildman–Crippen MR) is 120 cm³/mol. The highest BCUT2D eigenvalue weighted by Gasteiger charge is 2.55. The number of aliphatic hydroxyl groups excluding tert-OH is 1. The monoisotopic (exact) mass is 585 g/mol. The third-order valence-electron chi connectivity index (χ3n) is 4.64. The summed E-state index contributed by atoms with van der Waals surface area (Å²) in [6, 6.07) is 4.21. The Hall–Kier alpha value is -2.06. The summed E-state index contributed by atoms with van der Waals surface area (Å²) in [5.41, 5.74) is -1.53. The maximum atomic E-state index is 13.5. The summed E-state index contributed by atoms with van der Waals surface area (Å²) in [4.78, 5) is 36.7. The molecule has 0 radical (unpaired) electrons. The Bertz CT molecular complexity index is 1230. The number of carboxylic acids is 1. The lowest BCUT2D eigenvalue weighted by Gasteiger charge is -2.25. The Balaban J connectivity index is 1.82. The second-order valence-corrected chi connectivity index (χ2v) is 11.3. The number of alkyl halides is 2. The molecule has 186 valence electrons. The molecule has 1 saturated heterocycles. The molecule has 1 aliphatic rings. The Morgan fingerprint density at radius 2 is 2.18 bits per heavy atom. The zero-order valence-corrected chi connectivity index (χ0v) is 20.5. The van der Waals surface area contributed by atoms with E-state index >= 15 is 0 Å². The first-order chi connectivity index (χ1) is 15.8. The Labute approximate surface area is 204 Å². The molecule has 12 nitrogen and oxygen atoms in total. The molecule has 0 amide bonds. The van der Waals surface area contributed by atoms with Crippen LogP contribution in [-0.2, 0) is 18.6 Å². The van der Waals surface area contributed by atoms with Gasteiger partial charge in [-0.1, -0.05) is 33.6 Å². The van der Waals surface area contributed by atoms with Gasteiger partial charge in [-0.2, -0.15) is 5.09 Å². The molecule has 1 fully saturated rings. The second-order valence-electron chi connectivity index (χ2n) is 7.19. The number of nitrogens with zero attached hydrogens (tertiary/aromatic N) is 1.